The number of hydrogen-bond acceptors (Lipinski definition) is 3. The Bertz CT molecular complexity index is 619. The highest BCUT2D eigenvalue weighted by atomic mass is 15.4. The Morgan fingerprint density at radius 2 is 2.16 bits per heavy atom. The molecule has 2 aromatic rings. The number of rotatable bonds is 2. The van der Waals surface area contributed by atoms with E-state index in [1.165, 1.54) is 12.8 Å². The van der Waals surface area contributed by atoms with Crippen LogP contribution in [0.1, 0.15) is 51.8 Å². The molecule has 2 heterocycles. The lowest BCUT2D eigenvalue weighted by atomic mass is 9.92. The van der Waals surface area contributed by atoms with E-state index in [0.29, 0.717) is 17.4 Å². The number of aromatic nitrogens is 4. The topological polar surface area (TPSA) is 61.7 Å². The maximum atomic E-state index is 6.17. The molecule has 2 aromatic heterocycles. The average Bonchev–Trinajstić information content (AvgIpc) is 2.94. The lowest BCUT2D eigenvalue weighted by Gasteiger charge is -2.19. The molecule has 0 amide bonds. The zero-order chi connectivity index (χ0) is 13.8. The van der Waals surface area contributed by atoms with E-state index in [4.69, 9.17) is 5.73 Å². The molecule has 0 radical (unpaired) electrons. The van der Waals surface area contributed by atoms with Crippen LogP contribution in [-0.4, -0.2) is 19.3 Å². The highest BCUT2D eigenvalue weighted by Crippen LogP contribution is 2.45. The van der Waals surface area contributed by atoms with Gasteiger partial charge in [-0.15, -0.1) is 0 Å². The van der Waals surface area contributed by atoms with Gasteiger partial charge in [0.15, 0.2) is 5.65 Å². The molecule has 3 rings (SSSR count). The van der Waals surface area contributed by atoms with Crippen molar-refractivity contribution in [3.8, 4) is 0 Å². The summed E-state index contributed by atoms with van der Waals surface area (Å²) in [6.07, 6.45) is 3.59. The number of imidazole rings is 1. The summed E-state index contributed by atoms with van der Waals surface area (Å²) in [7, 11) is 0. The summed E-state index contributed by atoms with van der Waals surface area (Å²) < 4.78 is 4.24. The zero-order valence-corrected chi connectivity index (χ0v) is 12.3. The van der Waals surface area contributed by atoms with Gasteiger partial charge >= 0.3 is 0 Å². The van der Waals surface area contributed by atoms with Crippen LogP contribution >= 0.6 is 0 Å². The van der Waals surface area contributed by atoms with Crippen LogP contribution in [0.4, 0.5) is 5.95 Å². The molecule has 0 spiro atoms. The number of anilines is 1. The molecule has 0 bridgehead atoms. The fourth-order valence-corrected chi connectivity index (χ4v) is 3.41. The first-order valence-electron chi connectivity index (χ1n) is 7.14. The minimum absolute atomic E-state index is 0.403. The normalized spacial score (nSPS) is 22.4. The van der Waals surface area contributed by atoms with Crippen molar-refractivity contribution in [2.45, 2.75) is 59.5 Å². The first kappa shape index (κ1) is 12.5. The lowest BCUT2D eigenvalue weighted by Crippen LogP contribution is -2.14. The van der Waals surface area contributed by atoms with Crippen molar-refractivity contribution >= 4 is 17.1 Å². The van der Waals surface area contributed by atoms with Crippen LogP contribution in [0.2, 0.25) is 0 Å². The number of hydrogen-bond donors (Lipinski definition) is 1. The molecule has 0 aromatic carbocycles. The van der Waals surface area contributed by atoms with Gasteiger partial charge in [-0.05, 0) is 38.5 Å². The van der Waals surface area contributed by atoms with E-state index in [9.17, 15) is 0 Å². The van der Waals surface area contributed by atoms with E-state index >= 15 is 0 Å². The lowest BCUT2D eigenvalue weighted by molar-refractivity contribution is 0.360. The molecule has 1 saturated carbocycles. The molecule has 2 N–H and O–H groups in total. The first-order valence-corrected chi connectivity index (χ1v) is 7.14. The minimum atomic E-state index is 0.403. The van der Waals surface area contributed by atoms with Crippen LogP contribution in [-0.2, 0) is 6.54 Å². The molecule has 1 unspecified atom stereocenters. The molecule has 5 nitrogen and oxygen atoms in total. The van der Waals surface area contributed by atoms with Crippen molar-refractivity contribution < 1.29 is 0 Å². The van der Waals surface area contributed by atoms with Crippen molar-refractivity contribution in [1.82, 2.24) is 19.3 Å². The molecular formula is C14H23N5. The predicted octanol–water partition coefficient (Wildman–Crippen LogP) is 2.89. The van der Waals surface area contributed by atoms with Crippen molar-refractivity contribution in [3.05, 3.63) is 5.69 Å². The Kier molecular flexibility index (Phi) is 2.62. The molecule has 1 aliphatic carbocycles. The van der Waals surface area contributed by atoms with Gasteiger partial charge in [0.05, 0.1) is 5.69 Å². The Morgan fingerprint density at radius 3 is 2.74 bits per heavy atom. The molecule has 0 saturated heterocycles. The summed E-state index contributed by atoms with van der Waals surface area (Å²) in [5.74, 6) is 0.639. The molecule has 104 valence electrons. The quantitative estimate of drug-likeness (QED) is 0.904. The average molecular weight is 261 g/mol. The van der Waals surface area contributed by atoms with Gasteiger partial charge in [0.1, 0.15) is 5.52 Å². The second-order valence-corrected chi connectivity index (χ2v) is 6.47. The minimum Gasteiger partial charge on any atom is -0.369 e. The molecular weight excluding hydrogens is 238 g/mol. The second kappa shape index (κ2) is 3.99. The number of nitrogens with two attached hydrogens (primary N) is 1. The maximum absolute atomic E-state index is 6.17. The fourth-order valence-electron chi connectivity index (χ4n) is 3.41. The van der Waals surface area contributed by atoms with Gasteiger partial charge in [-0.1, -0.05) is 13.8 Å². The summed E-state index contributed by atoms with van der Waals surface area (Å²) in [6.45, 7) is 9.63. The van der Waals surface area contributed by atoms with Crippen molar-refractivity contribution in [2.24, 2.45) is 5.41 Å². The Labute approximate surface area is 113 Å². The maximum Gasteiger partial charge on any atom is 0.202 e. The highest BCUT2D eigenvalue weighted by molar-refractivity contribution is 5.77. The van der Waals surface area contributed by atoms with Crippen molar-refractivity contribution in [1.29, 1.82) is 0 Å². The molecule has 1 atom stereocenters. The number of aryl methyl sites for hydroxylation is 2. The van der Waals surface area contributed by atoms with Crippen molar-refractivity contribution in [3.63, 3.8) is 0 Å². The van der Waals surface area contributed by atoms with Crippen LogP contribution in [0.15, 0.2) is 0 Å². The van der Waals surface area contributed by atoms with Crippen LogP contribution < -0.4 is 5.73 Å². The summed E-state index contributed by atoms with van der Waals surface area (Å²) in [4.78, 5) is 4.53. The largest absolute Gasteiger partial charge is 0.369 e. The van der Waals surface area contributed by atoms with Gasteiger partial charge in [-0.2, -0.15) is 5.10 Å². The summed E-state index contributed by atoms with van der Waals surface area (Å²) in [6, 6.07) is 0.460. The Hall–Kier alpha value is -1.52. The van der Waals surface area contributed by atoms with Gasteiger partial charge in [-0.3, -0.25) is 4.57 Å². The van der Waals surface area contributed by atoms with Gasteiger partial charge in [0.25, 0.3) is 0 Å². The summed E-state index contributed by atoms with van der Waals surface area (Å²) in [5.41, 5.74) is 9.60. The number of nitrogen functional groups attached to an aromatic ring is 1. The number of fused-ring (bicyclic) bond motifs is 1. The monoisotopic (exact) mass is 261 g/mol. The van der Waals surface area contributed by atoms with E-state index in [1.54, 1.807) is 0 Å². The highest BCUT2D eigenvalue weighted by Gasteiger charge is 2.34. The second-order valence-electron chi connectivity index (χ2n) is 6.47. The first-order chi connectivity index (χ1) is 8.93. The van der Waals surface area contributed by atoms with E-state index < -0.39 is 0 Å². The zero-order valence-electron chi connectivity index (χ0n) is 12.3. The van der Waals surface area contributed by atoms with Crippen LogP contribution in [0, 0.1) is 12.3 Å². The predicted molar refractivity (Wildman–Crippen MR) is 77.0 cm³/mol. The molecule has 1 aliphatic rings. The molecule has 0 aliphatic heterocycles. The molecule has 1 fully saturated rings. The van der Waals surface area contributed by atoms with Gasteiger partial charge in [-0.25, -0.2) is 9.67 Å². The molecule has 19 heavy (non-hydrogen) atoms. The third-order valence-corrected chi connectivity index (χ3v) is 4.38. The summed E-state index contributed by atoms with van der Waals surface area (Å²) in [5, 5.41) is 4.56. The van der Waals surface area contributed by atoms with Gasteiger partial charge in [0, 0.05) is 12.6 Å². The van der Waals surface area contributed by atoms with E-state index in [1.807, 2.05) is 11.6 Å². The van der Waals surface area contributed by atoms with E-state index in [-0.39, 0.29) is 0 Å². The van der Waals surface area contributed by atoms with Crippen LogP contribution in [0.3, 0.4) is 0 Å². The standard InChI is InChI=1S/C14H23N5/c1-5-18-12-11(9(2)17-18)16-13(15)19(12)10-6-7-14(3,4)8-10/h10H,5-8H2,1-4H3,(H2,15,16). The van der Waals surface area contributed by atoms with Crippen LogP contribution in [0.25, 0.3) is 11.2 Å². The van der Waals surface area contributed by atoms with Crippen LogP contribution in [0.5, 0.6) is 0 Å². The third-order valence-electron chi connectivity index (χ3n) is 4.38. The third kappa shape index (κ3) is 1.83. The Balaban J connectivity index is 2.15. The van der Waals surface area contributed by atoms with E-state index in [2.05, 4.69) is 35.4 Å². The Morgan fingerprint density at radius 1 is 1.42 bits per heavy atom. The smallest absolute Gasteiger partial charge is 0.202 e. The summed E-state index contributed by atoms with van der Waals surface area (Å²) >= 11 is 0. The van der Waals surface area contributed by atoms with Crippen molar-refractivity contribution in [2.75, 3.05) is 5.73 Å². The SMILES string of the molecule is CCn1nc(C)c2nc(N)n(C3CCC(C)(C)C3)c21. The van der Waals surface area contributed by atoms with Gasteiger partial charge < -0.3 is 5.73 Å². The van der Waals surface area contributed by atoms with Gasteiger partial charge in [0.2, 0.25) is 5.95 Å². The fraction of sp³-hybridized carbons (Fsp3) is 0.714. The number of nitrogens with zero attached hydrogens (tertiary/aromatic N) is 4. The van der Waals surface area contributed by atoms with E-state index in [0.717, 1.165) is 29.8 Å². The molecule has 5 heteroatoms.